The van der Waals surface area contributed by atoms with Crippen LogP contribution in [0.25, 0.3) is 0 Å². The smallest absolute Gasteiger partial charge is 0.142 e. The summed E-state index contributed by atoms with van der Waals surface area (Å²) in [5.74, 6) is -0.808. The first-order chi connectivity index (χ1) is 9.49. The second-order valence-electron chi connectivity index (χ2n) is 4.36. The molecule has 20 heavy (non-hydrogen) atoms. The van der Waals surface area contributed by atoms with Crippen molar-refractivity contribution in [3.63, 3.8) is 0 Å². The van der Waals surface area contributed by atoms with Crippen LogP contribution in [0.3, 0.4) is 0 Å². The standard InChI is InChI=1S/C15H13ClF2O2/c1-9(19)12-6-5-11(17)7-14(12)20-8-10-3-2-4-13(18)15(10)16/h2-7,9,19H,8H2,1H3/t9-/m0/s1. The van der Waals surface area contributed by atoms with Gasteiger partial charge in [0, 0.05) is 17.2 Å². The molecule has 2 aromatic rings. The van der Waals surface area contributed by atoms with Crippen molar-refractivity contribution in [3.05, 3.63) is 64.2 Å². The van der Waals surface area contributed by atoms with Crippen molar-refractivity contribution in [3.8, 4) is 5.75 Å². The molecule has 0 fully saturated rings. The number of aliphatic hydroxyl groups excluding tert-OH is 1. The maximum atomic E-state index is 13.3. The Morgan fingerprint density at radius 2 is 2.00 bits per heavy atom. The molecular formula is C15H13ClF2O2. The second-order valence-corrected chi connectivity index (χ2v) is 4.74. The highest BCUT2D eigenvalue weighted by Gasteiger charge is 2.12. The molecule has 0 radical (unpaired) electrons. The van der Waals surface area contributed by atoms with Crippen LogP contribution in [0.4, 0.5) is 8.78 Å². The number of ether oxygens (including phenoxy) is 1. The molecule has 1 N–H and O–H groups in total. The molecule has 2 rings (SSSR count). The average Bonchev–Trinajstić information content (AvgIpc) is 2.40. The molecule has 0 aliphatic heterocycles. The monoisotopic (exact) mass is 298 g/mol. The van der Waals surface area contributed by atoms with Gasteiger partial charge in [-0.15, -0.1) is 0 Å². The van der Waals surface area contributed by atoms with Crippen LogP contribution >= 0.6 is 11.6 Å². The fraction of sp³-hybridized carbons (Fsp3) is 0.200. The van der Waals surface area contributed by atoms with Crippen molar-refractivity contribution in [2.24, 2.45) is 0 Å². The van der Waals surface area contributed by atoms with E-state index in [4.69, 9.17) is 16.3 Å². The van der Waals surface area contributed by atoms with Crippen molar-refractivity contribution in [2.45, 2.75) is 19.6 Å². The van der Waals surface area contributed by atoms with Crippen LogP contribution in [0.2, 0.25) is 5.02 Å². The summed E-state index contributed by atoms with van der Waals surface area (Å²) in [5.41, 5.74) is 0.909. The molecule has 0 aliphatic carbocycles. The van der Waals surface area contributed by atoms with Crippen LogP contribution in [0.15, 0.2) is 36.4 Å². The number of rotatable bonds is 4. The third kappa shape index (κ3) is 3.26. The quantitative estimate of drug-likeness (QED) is 0.914. The van der Waals surface area contributed by atoms with Gasteiger partial charge in [-0.05, 0) is 25.1 Å². The van der Waals surface area contributed by atoms with Gasteiger partial charge in [-0.25, -0.2) is 8.78 Å². The minimum atomic E-state index is -0.798. The molecule has 0 unspecified atom stereocenters. The highest BCUT2D eigenvalue weighted by atomic mass is 35.5. The lowest BCUT2D eigenvalue weighted by atomic mass is 10.1. The van der Waals surface area contributed by atoms with E-state index in [1.54, 1.807) is 13.0 Å². The van der Waals surface area contributed by atoms with Crippen molar-refractivity contribution in [2.75, 3.05) is 0 Å². The largest absolute Gasteiger partial charge is 0.488 e. The number of benzene rings is 2. The SMILES string of the molecule is C[C@H](O)c1ccc(F)cc1OCc1cccc(F)c1Cl. The van der Waals surface area contributed by atoms with Crippen LogP contribution < -0.4 is 4.74 Å². The van der Waals surface area contributed by atoms with Crippen molar-refractivity contribution < 1.29 is 18.6 Å². The van der Waals surface area contributed by atoms with Gasteiger partial charge in [-0.2, -0.15) is 0 Å². The molecule has 2 aromatic carbocycles. The average molecular weight is 299 g/mol. The number of hydrogen-bond acceptors (Lipinski definition) is 2. The van der Waals surface area contributed by atoms with Gasteiger partial charge in [0.05, 0.1) is 11.1 Å². The van der Waals surface area contributed by atoms with Gasteiger partial charge in [0.2, 0.25) is 0 Å². The summed E-state index contributed by atoms with van der Waals surface area (Å²) in [7, 11) is 0. The molecular weight excluding hydrogens is 286 g/mol. The van der Waals surface area contributed by atoms with E-state index in [2.05, 4.69) is 0 Å². The predicted octanol–water partition coefficient (Wildman–Crippen LogP) is 4.25. The lowest BCUT2D eigenvalue weighted by molar-refractivity contribution is 0.190. The molecule has 0 bridgehead atoms. The Bertz CT molecular complexity index is 615. The van der Waals surface area contributed by atoms with Crippen LogP contribution in [-0.2, 0) is 6.61 Å². The highest BCUT2D eigenvalue weighted by molar-refractivity contribution is 6.31. The predicted molar refractivity (Wildman–Crippen MR) is 72.8 cm³/mol. The Balaban J connectivity index is 2.22. The zero-order chi connectivity index (χ0) is 14.7. The van der Waals surface area contributed by atoms with E-state index in [9.17, 15) is 13.9 Å². The van der Waals surface area contributed by atoms with Gasteiger partial charge in [-0.1, -0.05) is 23.7 Å². The van der Waals surface area contributed by atoms with Gasteiger partial charge >= 0.3 is 0 Å². The molecule has 0 spiro atoms. The molecule has 0 saturated heterocycles. The van der Waals surface area contributed by atoms with Gasteiger partial charge in [-0.3, -0.25) is 0 Å². The zero-order valence-electron chi connectivity index (χ0n) is 10.7. The van der Waals surface area contributed by atoms with Crippen molar-refractivity contribution in [1.82, 2.24) is 0 Å². The van der Waals surface area contributed by atoms with Gasteiger partial charge < -0.3 is 9.84 Å². The molecule has 106 valence electrons. The van der Waals surface area contributed by atoms with E-state index in [0.29, 0.717) is 11.1 Å². The van der Waals surface area contributed by atoms with Gasteiger partial charge in [0.25, 0.3) is 0 Å². The summed E-state index contributed by atoms with van der Waals surface area (Å²) in [6, 6.07) is 8.24. The summed E-state index contributed by atoms with van der Waals surface area (Å²) < 4.78 is 32.0. The first kappa shape index (κ1) is 14.8. The molecule has 0 aromatic heterocycles. The third-order valence-electron chi connectivity index (χ3n) is 2.84. The van der Waals surface area contributed by atoms with E-state index < -0.39 is 17.7 Å². The number of hydrogen-bond donors (Lipinski definition) is 1. The van der Waals surface area contributed by atoms with Gasteiger partial charge in [0.1, 0.15) is 24.0 Å². The molecule has 5 heteroatoms. The molecule has 0 aliphatic rings. The van der Waals surface area contributed by atoms with E-state index in [1.165, 1.54) is 30.3 Å². The van der Waals surface area contributed by atoms with Crippen LogP contribution in [0.1, 0.15) is 24.2 Å². The highest BCUT2D eigenvalue weighted by Crippen LogP contribution is 2.28. The first-order valence-electron chi connectivity index (χ1n) is 6.02. The Kier molecular flexibility index (Phi) is 4.57. The fourth-order valence-corrected chi connectivity index (χ4v) is 1.97. The Labute approximate surface area is 120 Å². The minimum absolute atomic E-state index is 0.0141. The summed E-state index contributed by atoms with van der Waals surface area (Å²) >= 11 is 5.81. The summed E-state index contributed by atoms with van der Waals surface area (Å²) in [5, 5.41) is 9.58. The molecule has 0 heterocycles. The second kappa shape index (κ2) is 6.20. The number of aliphatic hydroxyl groups is 1. The summed E-state index contributed by atoms with van der Waals surface area (Å²) in [6.45, 7) is 1.54. The van der Waals surface area contributed by atoms with E-state index in [0.717, 1.165) is 0 Å². The normalized spacial score (nSPS) is 12.2. The molecule has 2 nitrogen and oxygen atoms in total. The summed E-state index contributed by atoms with van der Waals surface area (Å²) in [6.07, 6.45) is -0.798. The summed E-state index contributed by atoms with van der Waals surface area (Å²) in [4.78, 5) is 0. The third-order valence-corrected chi connectivity index (χ3v) is 3.26. The Morgan fingerprint density at radius 1 is 1.25 bits per heavy atom. The molecule has 1 atom stereocenters. The molecule has 0 amide bonds. The van der Waals surface area contributed by atoms with E-state index >= 15 is 0 Å². The maximum Gasteiger partial charge on any atom is 0.142 e. The lowest BCUT2D eigenvalue weighted by Crippen LogP contribution is -2.02. The Hall–Kier alpha value is -1.65. The van der Waals surface area contributed by atoms with Crippen molar-refractivity contribution >= 4 is 11.6 Å². The van der Waals surface area contributed by atoms with Crippen molar-refractivity contribution in [1.29, 1.82) is 0 Å². The van der Waals surface area contributed by atoms with Gasteiger partial charge in [0.15, 0.2) is 0 Å². The van der Waals surface area contributed by atoms with E-state index in [-0.39, 0.29) is 17.4 Å². The number of halogens is 3. The maximum absolute atomic E-state index is 13.3. The first-order valence-corrected chi connectivity index (χ1v) is 6.40. The molecule has 0 saturated carbocycles. The zero-order valence-corrected chi connectivity index (χ0v) is 11.5. The van der Waals surface area contributed by atoms with Crippen LogP contribution in [-0.4, -0.2) is 5.11 Å². The minimum Gasteiger partial charge on any atom is -0.488 e. The van der Waals surface area contributed by atoms with Crippen LogP contribution in [0.5, 0.6) is 5.75 Å². The lowest BCUT2D eigenvalue weighted by Gasteiger charge is -2.14. The topological polar surface area (TPSA) is 29.5 Å². The van der Waals surface area contributed by atoms with E-state index in [1.807, 2.05) is 0 Å². The van der Waals surface area contributed by atoms with Crippen LogP contribution in [0, 0.1) is 11.6 Å². The fourth-order valence-electron chi connectivity index (χ4n) is 1.79. The Morgan fingerprint density at radius 3 is 2.70 bits per heavy atom.